The third-order valence-corrected chi connectivity index (χ3v) is 3.71. The van der Waals surface area contributed by atoms with Gasteiger partial charge in [-0.05, 0) is 29.8 Å². The molecular weight excluding hydrogens is 346 g/mol. The van der Waals surface area contributed by atoms with Crippen molar-refractivity contribution in [3.05, 3.63) is 70.2 Å². The lowest BCUT2D eigenvalue weighted by molar-refractivity contribution is -0.142. The van der Waals surface area contributed by atoms with Crippen molar-refractivity contribution in [1.29, 1.82) is 0 Å². The van der Waals surface area contributed by atoms with Gasteiger partial charge in [-0.25, -0.2) is 4.79 Å². The van der Waals surface area contributed by atoms with Crippen LogP contribution in [-0.4, -0.2) is 25.0 Å². The maximum absolute atomic E-state index is 12.2. The zero-order valence-corrected chi connectivity index (χ0v) is 13.7. The van der Waals surface area contributed by atoms with Gasteiger partial charge in [0.2, 0.25) is 0 Å². The van der Waals surface area contributed by atoms with Gasteiger partial charge in [-0.1, -0.05) is 46.3 Å². The third kappa shape index (κ3) is 4.43. The minimum Gasteiger partial charge on any atom is -0.467 e. The fourth-order valence-corrected chi connectivity index (χ4v) is 2.29. The fraction of sp³-hybridized carbons (Fsp3) is 0.176. The summed E-state index contributed by atoms with van der Waals surface area (Å²) < 4.78 is 5.67. The van der Waals surface area contributed by atoms with Gasteiger partial charge in [0.1, 0.15) is 6.04 Å². The number of benzene rings is 2. The Balaban J connectivity index is 2.11. The molecule has 0 saturated carbocycles. The summed E-state index contributed by atoms with van der Waals surface area (Å²) in [6, 6.07) is 15.7. The summed E-state index contributed by atoms with van der Waals surface area (Å²) >= 11 is 3.32. The van der Waals surface area contributed by atoms with Gasteiger partial charge >= 0.3 is 5.97 Å². The Morgan fingerprint density at radius 1 is 1.09 bits per heavy atom. The van der Waals surface area contributed by atoms with Gasteiger partial charge in [0.25, 0.3) is 5.91 Å². The number of amides is 1. The molecule has 2 rings (SSSR count). The summed E-state index contributed by atoms with van der Waals surface area (Å²) in [6.07, 6.45) is 0.385. The summed E-state index contributed by atoms with van der Waals surface area (Å²) in [6.45, 7) is 0. The molecule has 0 aromatic heterocycles. The third-order valence-electron chi connectivity index (χ3n) is 3.18. The van der Waals surface area contributed by atoms with Gasteiger partial charge in [-0.3, -0.25) is 4.79 Å². The van der Waals surface area contributed by atoms with Crippen LogP contribution in [0.1, 0.15) is 15.9 Å². The van der Waals surface area contributed by atoms with E-state index in [0.717, 1.165) is 10.0 Å². The smallest absolute Gasteiger partial charge is 0.328 e. The molecule has 0 aliphatic heterocycles. The molecule has 1 N–H and O–H groups in total. The van der Waals surface area contributed by atoms with Crippen LogP contribution in [0.2, 0.25) is 0 Å². The number of hydrogen-bond donors (Lipinski definition) is 1. The van der Waals surface area contributed by atoms with Gasteiger partial charge < -0.3 is 10.1 Å². The first-order valence-electron chi connectivity index (χ1n) is 6.78. The molecule has 4 nitrogen and oxygen atoms in total. The van der Waals surface area contributed by atoms with Crippen molar-refractivity contribution >= 4 is 27.8 Å². The quantitative estimate of drug-likeness (QED) is 0.833. The van der Waals surface area contributed by atoms with Crippen LogP contribution in [0.25, 0.3) is 0 Å². The van der Waals surface area contributed by atoms with E-state index >= 15 is 0 Å². The van der Waals surface area contributed by atoms with Crippen LogP contribution in [0, 0.1) is 0 Å². The highest BCUT2D eigenvalue weighted by Gasteiger charge is 2.22. The Labute approximate surface area is 137 Å². The number of hydrogen-bond acceptors (Lipinski definition) is 3. The molecule has 0 unspecified atom stereocenters. The number of carbonyl (C=O) groups excluding carboxylic acids is 2. The maximum Gasteiger partial charge on any atom is 0.328 e. The number of carbonyl (C=O) groups is 2. The molecular formula is C17H16BrNO3. The van der Waals surface area contributed by atoms with E-state index in [1.807, 2.05) is 30.3 Å². The van der Waals surface area contributed by atoms with Crippen molar-refractivity contribution in [2.45, 2.75) is 12.5 Å². The van der Waals surface area contributed by atoms with E-state index in [1.165, 1.54) is 7.11 Å². The molecule has 0 radical (unpaired) electrons. The minimum absolute atomic E-state index is 0.307. The molecule has 0 spiro atoms. The largest absolute Gasteiger partial charge is 0.467 e. The standard InChI is InChI=1S/C17H16BrNO3/c1-22-17(21)15(11-12-5-3-2-4-6-12)19-16(20)13-7-9-14(18)10-8-13/h2-10,15H,11H2,1H3,(H,19,20)/t15-/m1/s1. The highest BCUT2D eigenvalue weighted by molar-refractivity contribution is 9.10. The van der Waals surface area contributed by atoms with E-state index in [-0.39, 0.29) is 5.91 Å². The summed E-state index contributed by atoms with van der Waals surface area (Å²) in [7, 11) is 1.31. The van der Waals surface area contributed by atoms with Gasteiger partial charge in [0.15, 0.2) is 0 Å². The molecule has 0 bridgehead atoms. The zero-order chi connectivity index (χ0) is 15.9. The molecule has 5 heteroatoms. The summed E-state index contributed by atoms with van der Waals surface area (Å²) in [5, 5.41) is 2.72. The topological polar surface area (TPSA) is 55.4 Å². The van der Waals surface area contributed by atoms with Crippen LogP contribution >= 0.6 is 15.9 Å². The van der Waals surface area contributed by atoms with E-state index in [0.29, 0.717) is 12.0 Å². The average molecular weight is 362 g/mol. The molecule has 2 aromatic carbocycles. The summed E-state index contributed by atoms with van der Waals surface area (Å²) in [5.41, 5.74) is 1.44. The van der Waals surface area contributed by atoms with Crippen molar-refractivity contribution in [3.63, 3.8) is 0 Å². The van der Waals surface area contributed by atoms with E-state index in [9.17, 15) is 9.59 Å². The maximum atomic E-state index is 12.2. The van der Waals surface area contributed by atoms with E-state index in [1.54, 1.807) is 24.3 Å². The van der Waals surface area contributed by atoms with Crippen molar-refractivity contribution < 1.29 is 14.3 Å². The Morgan fingerprint density at radius 2 is 1.73 bits per heavy atom. The van der Waals surface area contributed by atoms with Crippen molar-refractivity contribution in [2.24, 2.45) is 0 Å². The van der Waals surface area contributed by atoms with Crippen LogP contribution in [0.5, 0.6) is 0 Å². The van der Waals surface area contributed by atoms with Crippen molar-refractivity contribution in [1.82, 2.24) is 5.32 Å². The summed E-state index contributed by atoms with van der Waals surface area (Å²) in [5.74, 6) is -0.770. The monoisotopic (exact) mass is 361 g/mol. The number of halogens is 1. The predicted octanol–water partition coefficient (Wildman–Crippen LogP) is 2.96. The average Bonchev–Trinajstić information content (AvgIpc) is 2.55. The van der Waals surface area contributed by atoms with Crippen LogP contribution in [0.3, 0.4) is 0 Å². The molecule has 1 atom stereocenters. The van der Waals surface area contributed by atoms with Crippen LogP contribution in [-0.2, 0) is 16.0 Å². The van der Waals surface area contributed by atoms with Crippen LogP contribution in [0.4, 0.5) is 0 Å². The molecule has 0 fully saturated rings. The molecule has 0 heterocycles. The predicted molar refractivity (Wildman–Crippen MR) is 87.6 cm³/mol. The van der Waals surface area contributed by atoms with Crippen molar-refractivity contribution in [2.75, 3.05) is 7.11 Å². The molecule has 114 valence electrons. The number of ether oxygens (including phenoxy) is 1. The molecule has 0 saturated heterocycles. The number of nitrogens with one attached hydrogen (secondary N) is 1. The minimum atomic E-state index is -0.719. The normalized spacial score (nSPS) is 11.5. The highest BCUT2D eigenvalue weighted by Crippen LogP contribution is 2.11. The van der Waals surface area contributed by atoms with Crippen LogP contribution < -0.4 is 5.32 Å². The van der Waals surface area contributed by atoms with Gasteiger partial charge in [-0.2, -0.15) is 0 Å². The highest BCUT2D eigenvalue weighted by atomic mass is 79.9. The zero-order valence-electron chi connectivity index (χ0n) is 12.1. The van der Waals surface area contributed by atoms with Gasteiger partial charge in [-0.15, -0.1) is 0 Å². The van der Waals surface area contributed by atoms with Gasteiger partial charge in [0.05, 0.1) is 7.11 Å². The number of rotatable bonds is 5. The first-order chi connectivity index (χ1) is 10.6. The lowest BCUT2D eigenvalue weighted by Crippen LogP contribution is -2.43. The van der Waals surface area contributed by atoms with E-state index in [4.69, 9.17) is 4.74 Å². The first-order valence-corrected chi connectivity index (χ1v) is 7.57. The second-order valence-electron chi connectivity index (χ2n) is 4.75. The molecule has 0 aliphatic rings. The van der Waals surface area contributed by atoms with Crippen LogP contribution in [0.15, 0.2) is 59.1 Å². The van der Waals surface area contributed by atoms with Gasteiger partial charge in [0, 0.05) is 16.5 Å². The lowest BCUT2D eigenvalue weighted by Gasteiger charge is -2.16. The Morgan fingerprint density at radius 3 is 2.32 bits per heavy atom. The number of methoxy groups -OCH3 is 1. The Bertz CT molecular complexity index is 641. The van der Waals surface area contributed by atoms with Crippen molar-refractivity contribution in [3.8, 4) is 0 Å². The van der Waals surface area contributed by atoms with E-state index < -0.39 is 12.0 Å². The fourth-order valence-electron chi connectivity index (χ4n) is 2.03. The Hall–Kier alpha value is -2.14. The molecule has 22 heavy (non-hydrogen) atoms. The van der Waals surface area contributed by atoms with E-state index in [2.05, 4.69) is 21.2 Å². The number of esters is 1. The Kier molecular flexibility index (Phi) is 5.72. The lowest BCUT2D eigenvalue weighted by atomic mass is 10.1. The first kappa shape index (κ1) is 16.2. The molecule has 1 amide bonds. The molecule has 0 aliphatic carbocycles. The molecule has 2 aromatic rings. The SMILES string of the molecule is COC(=O)[C@@H](Cc1ccccc1)NC(=O)c1ccc(Br)cc1. The second-order valence-corrected chi connectivity index (χ2v) is 5.66. The summed E-state index contributed by atoms with van der Waals surface area (Å²) in [4.78, 5) is 24.1. The second kappa shape index (κ2) is 7.75.